The SMILES string of the molecule is CCCCc1ccc(N=Cc2ccc(OC)cc2O)cc1.F. The quantitative estimate of drug-likeness (QED) is 0.789. The molecule has 0 heterocycles. The van der Waals surface area contributed by atoms with Gasteiger partial charge in [-0.1, -0.05) is 25.5 Å². The molecule has 0 spiro atoms. The van der Waals surface area contributed by atoms with Crippen molar-refractivity contribution < 1.29 is 14.5 Å². The Bertz CT molecular complexity index is 609. The second-order valence-electron chi connectivity index (χ2n) is 4.95. The predicted molar refractivity (Wildman–Crippen MR) is 89.5 cm³/mol. The van der Waals surface area contributed by atoms with Crippen molar-refractivity contribution in [3.8, 4) is 11.5 Å². The minimum atomic E-state index is 0. The summed E-state index contributed by atoms with van der Waals surface area (Å²) >= 11 is 0. The number of hydrogen-bond donors (Lipinski definition) is 1. The highest BCUT2D eigenvalue weighted by Crippen LogP contribution is 2.23. The molecule has 0 saturated heterocycles. The van der Waals surface area contributed by atoms with Gasteiger partial charge in [0.05, 0.1) is 12.8 Å². The highest BCUT2D eigenvalue weighted by molar-refractivity contribution is 5.85. The van der Waals surface area contributed by atoms with Gasteiger partial charge in [0.15, 0.2) is 0 Å². The molecule has 0 bridgehead atoms. The maximum Gasteiger partial charge on any atom is 0.128 e. The number of aromatic hydroxyl groups is 1. The van der Waals surface area contributed by atoms with Gasteiger partial charge in [0, 0.05) is 17.8 Å². The van der Waals surface area contributed by atoms with Crippen LogP contribution in [-0.2, 0) is 6.42 Å². The Labute approximate surface area is 130 Å². The van der Waals surface area contributed by atoms with Crippen LogP contribution in [0.25, 0.3) is 0 Å². The Balaban J connectivity index is 0.00000242. The zero-order valence-corrected chi connectivity index (χ0v) is 13.0. The molecule has 3 nitrogen and oxygen atoms in total. The maximum absolute atomic E-state index is 9.87. The number of hydrogen-bond acceptors (Lipinski definition) is 3. The summed E-state index contributed by atoms with van der Waals surface area (Å²) in [5.41, 5.74) is 2.89. The van der Waals surface area contributed by atoms with Crippen LogP contribution in [-0.4, -0.2) is 18.4 Å². The lowest BCUT2D eigenvalue weighted by Gasteiger charge is -2.03. The standard InChI is InChI=1S/C18H21NO2.FH/c1-3-4-5-14-6-9-16(10-7-14)19-13-15-8-11-17(21-2)12-18(15)20;/h6-13,20H,3-5H2,1-2H3;1H. The van der Waals surface area contributed by atoms with E-state index in [1.165, 1.54) is 18.4 Å². The minimum Gasteiger partial charge on any atom is -0.507 e. The third kappa shape index (κ3) is 4.88. The third-order valence-corrected chi connectivity index (χ3v) is 3.35. The van der Waals surface area contributed by atoms with E-state index in [1.54, 1.807) is 31.5 Å². The molecule has 4 heteroatoms. The molecule has 0 atom stereocenters. The lowest BCUT2D eigenvalue weighted by Crippen LogP contribution is -1.86. The summed E-state index contributed by atoms with van der Waals surface area (Å²) < 4.78 is 5.05. The molecule has 0 aliphatic heterocycles. The van der Waals surface area contributed by atoms with Crippen LogP contribution in [0.3, 0.4) is 0 Å². The Morgan fingerprint density at radius 2 is 1.86 bits per heavy atom. The first-order chi connectivity index (χ1) is 10.2. The lowest BCUT2D eigenvalue weighted by atomic mass is 10.1. The Morgan fingerprint density at radius 1 is 1.14 bits per heavy atom. The van der Waals surface area contributed by atoms with E-state index in [9.17, 15) is 5.11 Å². The van der Waals surface area contributed by atoms with E-state index in [0.29, 0.717) is 11.3 Å². The number of unbranched alkanes of at least 4 members (excludes halogenated alkanes) is 1. The molecule has 0 amide bonds. The summed E-state index contributed by atoms with van der Waals surface area (Å²) in [6.45, 7) is 2.19. The first-order valence-electron chi connectivity index (χ1n) is 7.23. The fraction of sp³-hybridized carbons (Fsp3) is 0.278. The van der Waals surface area contributed by atoms with Gasteiger partial charge >= 0.3 is 0 Å². The number of aryl methyl sites for hydroxylation is 1. The Hall–Kier alpha value is -2.36. The first-order valence-corrected chi connectivity index (χ1v) is 7.23. The van der Waals surface area contributed by atoms with Crippen LogP contribution in [0.1, 0.15) is 30.9 Å². The molecule has 0 unspecified atom stereocenters. The van der Waals surface area contributed by atoms with Crippen molar-refractivity contribution >= 4 is 11.9 Å². The number of phenols is 1. The van der Waals surface area contributed by atoms with Gasteiger partial charge in [-0.15, -0.1) is 0 Å². The number of phenolic OH excluding ortho intramolecular Hbond substituents is 1. The van der Waals surface area contributed by atoms with Crippen LogP contribution < -0.4 is 4.74 Å². The van der Waals surface area contributed by atoms with Crippen LogP contribution >= 0.6 is 0 Å². The van der Waals surface area contributed by atoms with Crippen molar-refractivity contribution in [3.05, 3.63) is 53.6 Å². The Morgan fingerprint density at radius 3 is 2.45 bits per heavy atom. The fourth-order valence-corrected chi connectivity index (χ4v) is 2.03. The highest BCUT2D eigenvalue weighted by Gasteiger charge is 2.00. The molecule has 2 aromatic carbocycles. The number of aliphatic imine (C=N–C) groups is 1. The molecule has 118 valence electrons. The molecule has 2 rings (SSSR count). The first kappa shape index (κ1) is 17.7. The van der Waals surface area contributed by atoms with E-state index in [4.69, 9.17) is 4.74 Å². The number of methoxy groups -OCH3 is 1. The van der Waals surface area contributed by atoms with Gasteiger partial charge < -0.3 is 9.84 Å². The molecule has 1 N–H and O–H groups in total. The molecule has 0 aromatic heterocycles. The fourth-order valence-electron chi connectivity index (χ4n) is 2.03. The zero-order chi connectivity index (χ0) is 15.1. The van der Waals surface area contributed by atoms with Gasteiger partial charge in [-0.05, 0) is 42.7 Å². The molecule has 0 saturated carbocycles. The summed E-state index contributed by atoms with van der Waals surface area (Å²) in [6.07, 6.45) is 5.19. The van der Waals surface area contributed by atoms with Crippen molar-refractivity contribution in [3.63, 3.8) is 0 Å². The molecule has 0 radical (unpaired) electrons. The molecule has 0 fully saturated rings. The third-order valence-electron chi connectivity index (χ3n) is 3.35. The normalized spacial score (nSPS) is 10.5. The summed E-state index contributed by atoms with van der Waals surface area (Å²) in [4.78, 5) is 4.39. The summed E-state index contributed by atoms with van der Waals surface area (Å²) in [5.74, 6) is 0.794. The maximum atomic E-state index is 9.87. The molecule has 0 aliphatic rings. The number of benzene rings is 2. The van der Waals surface area contributed by atoms with Crippen molar-refractivity contribution in [2.75, 3.05) is 7.11 Å². The smallest absolute Gasteiger partial charge is 0.128 e. The van der Waals surface area contributed by atoms with Crippen LogP contribution in [0.2, 0.25) is 0 Å². The second-order valence-corrected chi connectivity index (χ2v) is 4.95. The van der Waals surface area contributed by atoms with E-state index >= 15 is 0 Å². The van der Waals surface area contributed by atoms with Gasteiger partial charge in [-0.3, -0.25) is 9.70 Å². The second kappa shape index (κ2) is 8.82. The van der Waals surface area contributed by atoms with Crippen LogP contribution in [0.4, 0.5) is 10.4 Å². The van der Waals surface area contributed by atoms with Crippen LogP contribution in [0.15, 0.2) is 47.5 Å². The van der Waals surface area contributed by atoms with E-state index in [0.717, 1.165) is 12.1 Å². The lowest BCUT2D eigenvalue weighted by molar-refractivity contribution is 0.407. The molecule has 2 aromatic rings. The van der Waals surface area contributed by atoms with Gasteiger partial charge in [0.2, 0.25) is 0 Å². The van der Waals surface area contributed by atoms with E-state index in [2.05, 4.69) is 24.0 Å². The number of nitrogens with zero attached hydrogens (tertiary/aromatic N) is 1. The number of halogens is 1. The zero-order valence-electron chi connectivity index (χ0n) is 13.0. The Kier molecular flexibility index (Phi) is 7.09. The van der Waals surface area contributed by atoms with Gasteiger partial charge in [-0.2, -0.15) is 0 Å². The van der Waals surface area contributed by atoms with Crippen molar-refractivity contribution in [2.45, 2.75) is 26.2 Å². The van der Waals surface area contributed by atoms with Gasteiger partial charge in [0.1, 0.15) is 11.5 Å². The molecule has 0 aliphatic carbocycles. The van der Waals surface area contributed by atoms with Crippen molar-refractivity contribution in [2.24, 2.45) is 4.99 Å². The van der Waals surface area contributed by atoms with E-state index < -0.39 is 0 Å². The average Bonchev–Trinajstić information content (AvgIpc) is 2.52. The highest BCUT2D eigenvalue weighted by atomic mass is 19.0. The van der Waals surface area contributed by atoms with Crippen molar-refractivity contribution in [1.82, 2.24) is 0 Å². The monoisotopic (exact) mass is 303 g/mol. The van der Waals surface area contributed by atoms with Gasteiger partial charge in [-0.25, -0.2) is 0 Å². The summed E-state index contributed by atoms with van der Waals surface area (Å²) in [6, 6.07) is 13.4. The average molecular weight is 303 g/mol. The van der Waals surface area contributed by atoms with Crippen LogP contribution in [0, 0.1) is 0 Å². The molecular weight excluding hydrogens is 281 g/mol. The van der Waals surface area contributed by atoms with Crippen molar-refractivity contribution in [1.29, 1.82) is 0 Å². The largest absolute Gasteiger partial charge is 0.507 e. The summed E-state index contributed by atoms with van der Waals surface area (Å²) in [7, 11) is 1.57. The van der Waals surface area contributed by atoms with Crippen LogP contribution in [0.5, 0.6) is 11.5 Å². The van der Waals surface area contributed by atoms with E-state index in [1.807, 2.05) is 12.1 Å². The number of ether oxygens (including phenoxy) is 1. The summed E-state index contributed by atoms with van der Waals surface area (Å²) in [5, 5.41) is 9.87. The number of rotatable bonds is 6. The predicted octanol–water partition coefficient (Wildman–Crippen LogP) is 4.65. The molecular formula is C18H22FNO2. The molecule has 22 heavy (non-hydrogen) atoms. The van der Waals surface area contributed by atoms with E-state index in [-0.39, 0.29) is 10.5 Å². The van der Waals surface area contributed by atoms with Gasteiger partial charge in [0.25, 0.3) is 0 Å². The minimum absolute atomic E-state index is 0. The topological polar surface area (TPSA) is 41.8 Å².